The fraction of sp³-hybridized carbons (Fsp3) is 0.200. The fourth-order valence-electron chi connectivity index (χ4n) is 2.08. The molecule has 0 aromatic heterocycles. The van der Waals surface area contributed by atoms with Crippen LogP contribution < -0.4 is 11.3 Å². The van der Waals surface area contributed by atoms with Crippen molar-refractivity contribution in [2.24, 2.45) is 5.84 Å². The molecular formula is C15H16F2N2. The third-order valence-electron chi connectivity index (χ3n) is 3.07. The van der Waals surface area contributed by atoms with Crippen molar-refractivity contribution in [1.82, 2.24) is 5.43 Å². The molecule has 0 radical (unpaired) electrons. The predicted molar refractivity (Wildman–Crippen MR) is 71.3 cm³/mol. The first-order valence-electron chi connectivity index (χ1n) is 6.07. The average Bonchev–Trinajstić information content (AvgIpc) is 2.39. The smallest absolute Gasteiger partial charge is 0.159 e. The lowest BCUT2D eigenvalue weighted by molar-refractivity contribution is 0.497. The van der Waals surface area contributed by atoms with E-state index in [1.54, 1.807) is 6.07 Å². The van der Waals surface area contributed by atoms with Crippen molar-refractivity contribution in [2.45, 2.75) is 19.4 Å². The molecule has 0 aliphatic carbocycles. The number of nitrogens with two attached hydrogens (primary N) is 1. The van der Waals surface area contributed by atoms with Crippen LogP contribution in [0.25, 0.3) is 0 Å². The summed E-state index contributed by atoms with van der Waals surface area (Å²) in [6.45, 7) is 2.01. The molecule has 0 aliphatic rings. The SMILES string of the molecule is Cc1cccc(CC(NN)c2ccc(F)c(F)c2)c1. The number of hydrogen-bond acceptors (Lipinski definition) is 2. The summed E-state index contributed by atoms with van der Waals surface area (Å²) in [6.07, 6.45) is 0.614. The zero-order valence-electron chi connectivity index (χ0n) is 10.7. The van der Waals surface area contributed by atoms with Gasteiger partial charge in [0.15, 0.2) is 11.6 Å². The first-order chi connectivity index (χ1) is 9.10. The van der Waals surface area contributed by atoms with Gasteiger partial charge in [-0.05, 0) is 36.6 Å². The molecule has 100 valence electrons. The topological polar surface area (TPSA) is 38.0 Å². The zero-order chi connectivity index (χ0) is 13.8. The highest BCUT2D eigenvalue weighted by Crippen LogP contribution is 2.20. The summed E-state index contributed by atoms with van der Waals surface area (Å²) in [7, 11) is 0. The van der Waals surface area contributed by atoms with Gasteiger partial charge >= 0.3 is 0 Å². The van der Waals surface area contributed by atoms with E-state index >= 15 is 0 Å². The molecule has 2 aromatic rings. The molecule has 0 aliphatic heterocycles. The van der Waals surface area contributed by atoms with Gasteiger partial charge < -0.3 is 0 Å². The van der Waals surface area contributed by atoms with Gasteiger partial charge in [-0.1, -0.05) is 35.9 Å². The average molecular weight is 262 g/mol. The second-order valence-electron chi connectivity index (χ2n) is 4.59. The molecule has 4 heteroatoms. The van der Waals surface area contributed by atoms with Crippen LogP contribution in [0, 0.1) is 18.6 Å². The number of hydrazine groups is 1. The second kappa shape index (κ2) is 5.91. The van der Waals surface area contributed by atoms with Crippen molar-refractivity contribution >= 4 is 0 Å². The highest BCUT2D eigenvalue weighted by Gasteiger charge is 2.13. The normalized spacial score (nSPS) is 12.4. The van der Waals surface area contributed by atoms with E-state index in [0.717, 1.165) is 17.2 Å². The summed E-state index contributed by atoms with van der Waals surface area (Å²) < 4.78 is 26.2. The molecule has 19 heavy (non-hydrogen) atoms. The highest BCUT2D eigenvalue weighted by atomic mass is 19.2. The van der Waals surface area contributed by atoms with E-state index in [4.69, 9.17) is 5.84 Å². The van der Waals surface area contributed by atoms with Crippen LogP contribution in [-0.4, -0.2) is 0 Å². The molecule has 2 aromatic carbocycles. The summed E-state index contributed by atoms with van der Waals surface area (Å²) in [6, 6.07) is 11.6. The quantitative estimate of drug-likeness (QED) is 0.656. The van der Waals surface area contributed by atoms with Gasteiger partial charge in [0.25, 0.3) is 0 Å². The molecule has 0 saturated carbocycles. The maximum Gasteiger partial charge on any atom is 0.159 e. The predicted octanol–water partition coefficient (Wildman–Crippen LogP) is 3.02. The largest absolute Gasteiger partial charge is 0.271 e. The van der Waals surface area contributed by atoms with Crippen LogP contribution in [0.2, 0.25) is 0 Å². The van der Waals surface area contributed by atoms with Gasteiger partial charge in [0.05, 0.1) is 6.04 Å². The van der Waals surface area contributed by atoms with Crippen LogP contribution in [0.5, 0.6) is 0 Å². The lowest BCUT2D eigenvalue weighted by atomic mass is 9.98. The molecule has 3 N–H and O–H groups in total. The summed E-state index contributed by atoms with van der Waals surface area (Å²) in [5.41, 5.74) is 5.51. The summed E-state index contributed by atoms with van der Waals surface area (Å²) >= 11 is 0. The van der Waals surface area contributed by atoms with Gasteiger partial charge in [-0.3, -0.25) is 11.3 Å². The Labute approximate surface area is 111 Å². The molecule has 0 saturated heterocycles. The zero-order valence-corrected chi connectivity index (χ0v) is 10.7. The van der Waals surface area contributed by atoms with Crippen molar-refractivity contribution in [2.75, 3.05) is 0 Å². The first kappa shape index (κ1) is 13.6. The Hall–Kier alpha value is -1.78. The first-order valence-corrected chi connectivity index (χ1v) is 6.07. The number of halogens is 2. The monoisotopic (exact) mass is 262 g/mol. The third-order valence-corrected chi connectivity index (χ3v) is 3.07. The van der Waals surface area contributed by atoms with Crippen LogP contribution in [0.1, 0.15) is 22.7 Å². The van der Waals surface area contributed by atoms with E-state index in [1.807, 2.05) is 31.2 Å². The van der Waals surface area contributed by atoms with Crippen molar-refractivity contribution in [1.29, 1.82) is 0 Å². The molecule has 0 amide bonds. The minimum atomic E-state index is -0.859. The molecule has 2 rings (SSSR count). The van der Waals surface area contributed by atoms with Crippen LogP contribution in [-0.2, 0) is 6.42 Å². The van der Waals surface area contributed by atoms with Gasteiger partial charge in [0.1, 0.15) is 0 Å². The Bertz CT molecular complexity index is 570. The number of aryl methyl sites for hydroxylation is 1. The van der Waals surface area contributed by atoms with E-state index < -0.39 is 11.6 Å². The van der Waals surface area contributed by atoms with Crippen LogP contribution in [0.3, 0.4) is 0 Å². The lowest BCUT2D eigenvalue weighted by Crippen LogP contribution is -2.29. The van der Waals surface area contributed by atoms with Gasteiger partial charge in [0, 0.05) is 0 Å². The molecule has 0 heterocycles. The standard InChI is InChI=1S/C15H16F2N2/c1-10-3-2-4-11(7-10)8-15(19-18)12-5-6-13(16)14(17)9-12/h2-7,9,15,19H,8,18H2,1H3. The number of hydrogen-bond donors (Lipinski definition) is 2. The Morgan fingerprint density at radius 3 is 2.53 bits per heavy atom. The number of rotatable bonds is 4. The maximum absolute atomic E-state index is 13.2. The van der Waals surface area contributed by atoms with E-state index in [2.05, 4.69) is 5.43 Å². The minimum Gasteiger partial charge on any atom is -0.271 e. The summed E-state index contributed by atoms with van der Waals surface area (Å²) in [4.78, 5) is 0. The number of benzene rings is 2. The highest BCUT2D eigenvalue weighted by molar-refractivity contribution is 5.27. The van der Waals surface area contributed by atoms with Crippen molar-refractivity contribution in [3.8, 4) is 0 Å². The van der Waals surface area contributed by atoms with Gasteiger partial charge in [-0.2, -0.15) is 0 Å². The van der Waals surface area contributed by atoms with E-state index in [9.17, 15) is 8.78 Å². The van der Waals surface area contributed by atoms with E-state index in [-0.39, 0.29) is 6.04 Å². The van der Waals surface area contributed by atoms with Crippen molar-refractivity contribution < 1.29 is 8.78 Å². The van der Waals surface area contributed by atoms with E-state index in [1.165, 1.54) is 6.07 Å². The van der Waals surface area contributed by atoms with Gasteiger partial charge in [0.2, 0.25) is 0 Å². The van der Waals surface area contributed by atoms with Gasteiger partial charge in [-0.15, -0.1) is 0 Å². The van der Waals surface area contributed by atoms with Crippen LogP contribution >= 0.6 is 0 Å². The summed E-state index contributed by atoms with van der Waals surface area (Å²) in [5, 5.41) is 0. The second-order valence-corrected chi connectivity index (χ2v) is 4.59. The number of nitrogens with one attached hydrogen (secondary N) is 1. The molecular weight excluding hydrogens is 246 g/mol. The Kier molecular flexibility index (Phi) is 4.24. The molecule has 0 fully saturated rings. The molecule has 0 bridgehead atoms. The van der Waals surface area contributed by atoms with Gasteiger partial charge in [-0.25, -0.2) is 8.78 Å². The van der Waals surface area contributed by atoms with E-state index in [0.29, 0.717) is 12.0 Å². The third kappa shape index (κ3) is 3.36. The molecule has 2 nitrogen and oxygen atoms in total. The maximum atomic E-state index is 13.2. The van der Waals surface area contributed by atoms with Crippen molar-refractivity contribution in [3.05, 3.63) is 70.8 Å². The lowest BCUT2D eigenvalue weighted by Gasteiger charge is -2.17. The Morgan fingerprint density at radius 2 is 1.89 bits per heavy atom. The summed E-state index contributed by atoms with van der Waals surface area (Å²) in [5.74, 6) is 3.80. The van der Waals surface area contributed by atoms with Crippen molar-refractivity contribution in [3.63, 3.8) is 0 Å². The molecule has 1 unspecified atom stereocenters. The molecule has 1 atom stereocenters. The molecule has 0 spiro atoms. The minimum absolute atomic E-state index is 0.253. The fourth-order valence-corrected chi connectivity index (χ4v) is 2.08. The van der Waals surface area contributed by atoms with Crippen LogP contribution in [0.15, 0.2) is 42.5 Å². The van der Waals surface area contributed by atoms with Crippen LogP contribution in [0.4, 0.5) is 8.78 Å². The Morgan fingerprint density at radius 1 is 1.11 bits per heavy atom. The Balaban J connectivity index is 2.22.